The molecule has 3 aromatic heterocycles. The van der Waals surface area contributed by atoms with Crippen LogP contribution < -0.4 is 9.64 Å². The van der Waals surface area contributed by atoms with Gasteiger partial charge in [0.05, 0.1) is 23.7 Å². The molecule has 0 bridgehead atoms. The number of pyridine rings is 1. The first-order valence-electron chi connectivity index (χ1n) is 10.2. The van der Waals surface area contributed by atoms with Crippen LogP contribution in [-0.2, 0) is 11.3 Å². The van der Waals surface area contributed by atoms with Crippen LogP contribution in [0, 0.1) is 0 Å². The highest BCUT2D eigenvalue weighted by atomic mass is 35.5. The Bertz CT molecular complexity index is 1250. The lowest BCUT2D eigenvalue weighted by Gasteiger charge is -2.36. The number of halogens is 1. The Hall–Kier alpha value is -3.59. The predicted octanol–water partition coefficient (Wildman–Crippen LogP) is 3.10. The summed E-state index contributed by atoms with van der Waals surface area (Å²) < 4.78 is 12.4. The molecule has 1 amide bonds. The largest absolute Gasteiger partial charge is 0.495 e. The summed E-state index contributed by atoms with van der Waals surface area (Å²) in [4.78, 5) is 25.7. The van der Waals surface area contributed by atoms with Crippen LogP contribution in [0.15, 0.2) is 53.4 Å². The Morgan fingerprint density at radius 1 is 1.16 bits per heavy atom. The van der Waals surface area contributed by atoms with Gasteiger partial charge in [0, 0.05) is 44.1 Å². The van der Waals surface area contributed by atoms with Crippen molar-refractivity contribution in [3.05, 3.63) is 54.0 Å². The SMILES string of the molecule is COc1cc(N2CCN(C(=O)Cn3nc4ncccc4c3-c3ncco3)CC2)ccc1Cl. The predicted molar refractivity (Wildman–Crippen MR) is 120 cm³/mol. The van der Waals surface area contributed by atoms with Crippen molar-refractivity contribution in [1.82, 2.24) is 24.6 Å². The molecule has 1 aliphatic heterocycles. The zero-order valence-electron chi connectivity index (χ0n) is 17.4. The van der Waals surface area contributed by atoms with Crippen molar-refractivity contribution in [2.45, 2.75) is 6.54 Å². The van der Waals surface area contributed by atoms with Gasteiger partial charge in [-0.1, -0.05) is 11.6 Å². The lowest BCUT2D eigenvalue weighted by molar-refractivity contribution is -0.132. The van der Waals surface area contributed by atoms with Crippen molar-refractivity contribution in [3.63, 3.8) is 0 Å². The summed E-state index contributed by atoms with van der Waals surface area (Å²) in [7, 11) is 1.60. The van der Waals surface area contributed by atoms with E-state index in [1.54, 1.807) is 24.2 Å². The molecule has 0 radical (unpaired) electrons. The molecular weight excluding hydrogens is 432 g/mol. The van der Waals surface area contributed by atoms with Gasteiger partial charge in [-0.25, -0.2) is 14.6 Å². The normalized spacial score (nSPS) is 14.2. The van der Waals surface area contributed by atoms with Crippen LogP contribution in [0.2, 0.25) is 5.02 Å². The highest BCUT2D eigenvalue weighted by Crippen LogP contribution is 2.30. The van der Waals surface area contributed by atoms with Gasteiger partial charge in [0.25, 0.3) is 0 Å². The van der Waals surface area contributed by atoms with Gasteiger partial charge in [-0.05, 0) is 24.3 Å². The van der Waals surface area contributed by atoms with Crippen molar-refractivity contribution in [2.75, 3.05) is 38.2 Å². The second-order valence-corrected chi connectivity index (χ2v) is 7.81. The summed E-state index contributed by atoms with van der Waals surface area (Å²) in [6, 6.07) is 9.44. The molecule has 164 valence electrons. The molecule has 1 saturated heterocycles. The number of oxazole rings is 1. The Balaban J connectivity index is 1.31. The fourth-order valence-corrected chi connectivity index (χ4v) is 4.13. The van der Waals surface area contributed by atoms with E-state index in [1.165, 1.54) is 6.26 Å². The molecule has 0 spiro atoms. The van der Waals surface area contributed by atoms with Crippen LogP contribution in [0.1, 0.15) is 0 Å². The first kappa shape index (κ1) is 20.3. The third kappa shape index (κ3) is 3.75. The summed E-state index contributed by atoms with van der Waals surface area (Å²) in [5.41, 5.74) is 2.22. The maximum Gasteiger partial charge on any atom is 0.245 e. The van der Waals surface area contributed by atoms with Crippen LogP contribution in [0.5, 0.6) is 5.75 Å². The van der Waals surface area contributed by atoms with Crippen molar-refractivity contribution in [1.29, 1.82) is 0 Å². The molecule has 9 nitrogen and oxygen atoms in total. The van der Waals surface area contributed by atoms with Crippen molar-refractivity contribution in [2.24, 2.45) is 0 Å². The Labute approximate surface area is 189 Å². The van der Waals surface area contributed by atoms with Gasteiger partial charge in [-0.2, -0.15) is 5.10 Å². The molecule has 0 atom stereocenters. The molecule has 1 aromatic carbocycles. The van der Waals surface area contributed by atoms with E-state index < -0.39 is 0 Å². The number of rotatable bonds is 5. The number of carbonyl (C=O) groups is 1. The first-order valence-corrected chi connectivity index (χ1v) is 10.6. The van der Waals surface area contributed by atoms with Crippen LogP contribution in [-0.4, -0.2) is 63.8 Å². The molecule has 0 aliphatic carbocycles. The van der Waals surface area contributed by atoms with Gasteiger partial charge in [-0.15, -0.1) is 0 Å². The second-order valence-electron chi connectivity index (χ2n) is 7.40. The third-order valence-corrected chi connectivity index (χ3v) is 5.88. The van der Waals surface area contributed by atoms with Crippen LogP contribution in [0.4, 0.5) is 5.69 Å². The lowest BCUT2D eigenvalue weighted by atomic mass is 10.2. The lowest BCUT2D eigenvalue weighted by Crippen LogP contribution is -2.49. The molecule has 0 saturated carbocycles. The number of piperazine rings is 1. The number of carbonyl (C=O) groups excluding carboxylic acids is 1. The summed E-state index contributed by atoms with van der Waals surface area (Å²) in [6.07, 6.45) is 4.75. The number of amides is 1. The van der Waals surface area contributed by atoms with Crippen LogP contribution in [0.3, 0.4) is 0 Å². The van der Waals surface area contributed by atoms with E-state index in [2.05, 4.69) is 20.0 Å². The third-order valence-electron chi connectivity index (χ3n) is 5.57. The monoisotopic (exact) mass is 452 g/mol. The molecule has 1 fully saturated rings. The van der Waals surface area contributed by atoms with E-state index in [0.717, 1.165) is 11.1 Å². The smallest absolute Gasteiger partial charge is 0.245 e. The highest BCUT2D eigenvalue weighted by molar-refractivity contribution is 6.32. The fourth-order valence-electron chi connectivity index (χ4n) is 3.93. The molecule has 32 heavy (non-hydrogen) atoms. The minimum atomic E-state index is -0.0149. The van der Waals surface area contributed by atoms with Gasteiger partial charge in [0.2, 0.25) is 11.8 Å². The van der Waals surface area contributed by atoms with E-state index in [4.69, 9.17) is 20.8 Å². The maximum absolute atomic E-state index is 13.1. The molecule has 4 aromatic rings. The highest BCUT2D eigenvalue weighted by Gasteiger charge is 2.25. The van der Waals surface area contributed by atoms with E-state index in [1.807, 2.05) is 35.2 Å². The summed E-state index contributed by atoms with van der Waals surface area (Å²) in [5, 5.41) is 5.89. The number of aromatic nitrogens is 4. The quantitative estimate of drug-likeness (QED) is 0.459. The molecule has 0 unspecified atom stereocenters. The number of nitrogens with zero attached hydrogens (tertiary/aromatic N) is 6. The number of methoxy groups -OCH3 is 1. The standard InChI is InChI=1S/C22H21ClN6O3/c1-31-18-13-15(4-5-17(18)23)27-8-10-28(11-9-27)19(30)14-29-20(22-25-7-12-32-22)16-3-2-6-24-21(16)26-29/h2-7,12-13H,8-11,14H2,1H3. The molecule has 5 rings (SSSR count). The number of hydrogen-bond acceptors (Lipinski definition) is 7. The van der Waals surface area contributed by atoms with Gasteiger partial charge in [-0.3, -0.25) is 4.79 Å². The van der Waals surface area contributed by atoms with Crippen molar-refractivity contribution >= 4 is 34.2 Å². The van der Waals surface area contributed by atoms with Gasteiger partial charge in [0.1, 0.15) is 24.3 Å². The maximum atomic E-state index is 13.1. The first-order chi connectivity index (χ1) is 15.6. The Kier molecular flexibility index (Phi) is 5.40. The number of ether oxygens (including phenoxy) is 1. The topological polar surface area (TPSA) is 89.5 Å². The number of anilines is 1. The van der Waals surface area contributed by atoms with Crippen molar-refractivity contribution < 1.29 is 13.9 Å². The van der Waals surface area contributed by atoms with Gasteiger partial charge < -0.3 is 19.0 Å². The molecule has 1 aliphatic rings. The summed E-state index contributed by atoms with van der Waals surface area (Å²) >= 11 is 6.14. The van der Waals surface area contributed by atoms with E-state index in [-0.39, 0.29) is 12.5 Å². The minimum absolute atomic E-state index is 0.0149. The average Bonchev–Trinajstić information content (AvgIpc) is 3.47. The molecule has 0 N–H and O–H groups in total. The Morgan fingerprint density at radius 2 is 2.00 bits per heavy atom. The van der Waals surface area contributed by atoms with Crippen LogP contribution >= 0.6 is 11.6 Å². The minimum Gasteiger partial charge on any atom is -0.495 e. The summed E-state index contributed by atoms with van der Waals surface area (Å²) in [6.45, 7) is 2.73. The molecule has 4 heterocycles. The molecular formula is C22H21ClN6O3. The van der Waals surface area contributed by atoms with Crippen molar-refractivity contribution in [3.8, 4) is 17.3 Å². The summed E-state index contributed by atoms with van der Waals surface area (Å²) in [5.74, 6) is 1.04. The zero-order valence-corrected chi connectivity index (χ0v) is 18.2. The fraction of sp³-hybridized carbons (Fsp3) is 0.273. The number of fused-ring (bicyclic) bond motifs is 1. The van der Waals surface area contributed by atoms with E-state index in [9.17, 15) is 4.79 Å². The Morgan fingerprint density at radius 3 is 2.75 bits per heavy atom. The van der Waals surface area contributed by atoms with E-state index >= 15 is 0 Å². The average molecular weight is 453 g/mol. The van der Waals surface area contributed by atoms with Gasteiger partial charge in [0.15, 0.2) is 5.65 Å². The number of hydrogen-bond donors (Lipinski definition) is 0. The van der Waals surface area contributed by atoms with E-state index in [0.29, 0.717) is 54.2 Å². The molecule has 10 heteroatoms. The number of benzene rings is 1. The van der Waals surface area contributed by atoms with Crippen LogP contribution in [0.25, 0.3) is 22.6 Å². The van der Waals surface area contributed by atoms with Gasteiger partial charge >= 0.3 is 0 Å². The second kappa shape index (κ2) is 8.51. The zero-order chi connectivity index (χ0) is 22.1.